The molecule has 2 heterocycles. The highest BCUT2D eigenvalue weighted by Crippen LogP contribution is 2.28. The predicted molar refractivity (Wildman–Crippen MR) is 77.0 cm³/mol. The van der Waals surface area contributed by atoms with Crippen LogP contribution < -0.4 is 5.73 Å². The zero-order chi connectivity index (χ0) is 14.8. The average molecular weight is 287 g/mol. The van der Waals surface area contributed by atoms with Gasteiger partial charge < -0.3 is 5.11 Å². The largest absolute Gasteiger partial charge is 0.507 e. The van der Waals surface area contributed by atoms with Crippen molar-refractivity contribution in [3.8, 4) is 5.75 Å². The Hall–Kier alpha value is -2.11. The van der Waals surface area contributed by atoms with Gasteiger partial charge in [-0.15, -0.1) is 10.2 Å². The number of rotatable bonds is 4. The SMILES string of the molecule is [NH]C(=O)c1c(O)ccn2c(CCC3CCCCC3)nnc12. The van der Waals surface area contributed by atoms with Crippen LogP contribution in [0.5, 0.6) is 5.75 Å². The lowest BCUT2D eigenvalue weighted by Crippen LogP contribution is -2.09. The molecule has 3 rings (SSSR count). The summed E-state index contributed by atoms with van der Waals surface area (Å²) >= 11 is 0. The summed E-state index contributed by atoms with van der Waals surface area (Å²) in [4.78, 5) is 11.3. The summed E-state index contributed by atoms with van der Waals surface area (Å²) in [7, 11) is 0. The normalized spacial score (nSPS) is 16.4. The summed E-state index contributed by atoms with van der Waals surface area (Å²) in [6.45, 7) is 0. The molecule has 1 aliphatic carbocycles. The van der Waals surface area contributed by atoms with Gasteiger partial charge in [-0.05, 0) is 18.4 Å². The first-order chi connectivity index (χ1) is 10.2. The number of hydrogen-bond acceptors (Lipinski definition) is 4. The number of aromatic hydroxyl groups is 1. The molecule has 6 heteroatoms. The highest BCUT2D eigenvalue weighted by Gasteiger charge is 2.19. The van der Waals surface area contributed by atoms with E-state index in [2.05, 4.69) is 10.2 Å². The number of aromatic nitrogens is 3. The molecule has 0 aliphatic heterocycles. The fourth-order valence-corrected chi connectivity index (χ4v) is 3.19. The number of fused-ring (bicyclic) bond motifs is 1. The van der Waals surface area contributed by atoms with Crippen LogP contribution in [-0.2, 0) is 6.42 Å². The van der Waals surface area contributed by atoms with E-state index in [0.29, 0.717) is 0 Å². The second-order valence-corrected chi connectivity index (χ2v) is 5.76. The van der Waals surface area contributed by atoms with Crippen LogP contribution in [0.25, 0.3) is 5.65 Å². The van der Waals surface area contributed by atoms with Crippen molar-refractivity contribution in [1.82, 2.24) is 20.3 Å². The summed E-state index contributed by atoms with van der Waals surface area (Å²) < 4.78 is 1.71. The van der Waals surface area contributed by atoms with Gasteiger partial charge in [-0.1, -0.05) is 32.1 Å². The Morgan fingerprint density at radius 2 is 2.10 bits per heavy atom. The van der Waals surface area contributed by atoms with E-state index in [1.54, 1.807) is 10.6 Å². The third kappa shape index (κ3) is 2.70. The van der Waals surface area contributed by atoms with E-state index in [1.165, 1.54) is 38.2 Å². The van der Waals surface area contributed by atoms with Gasteiger partial charge in [0.25, 0.3) is 5.91 Å². The number of nitrogens with zero attached hydrogens (tertiary/aromatic N) is 3. The van der Waals surface area contributed by atoms with E-state index in [-0.39, 0.29) is 17.0 Å². The van der Waals surface area contributed by atoms with Crippen molar-refractivity contribution in [3.05, 3.63) is 23.7 Å². The molecule has 2 aromatic rings. The van der Waals surface area contributed by atoms with Gasteiger partial charge in [-0.3, -0.25) is 14.9 Å². The molecule has 0 aromatic carbocycles. The lowest BCUT2D eigenvalue weighted by molar-refractivity contribution is 0.0990. The molecule has 1 amide bonds. The minimum absolute atomic E-state index is 0.0751. The van der Waals surface area contributed by atoms with Crippen molar-refractivity contribution < 1.29 is 9.90 Å². The Bertz CT molecular complexity index is 659. The summed E-state index contributed by atoms with van der Waals surface area (Å²) in [6.07, 6.45) is 10.1. The van der Waals surface area contributed by atoms with Crippen molar-refractivity contribution in [3.63, 3.8) is 0 Å². The van der Waals surface area contributed by atoms with Crippen LogP contribution in [0.1, 0.15) is 54.7 Å². The van der Waals surface area contributed by atoms with E-state index >= 15 is 0 Å². The molecule has 0 unspecified atom stereocenters. The highest BCUT2D eigenvalue weighted by molar-refractivity contribution is 6.00. The quantitative estimate of drug-likeness (QED) is 0.934. The summed E-state index contributed by atoms with van der Waals surface area (Å²) in [5.41, 5.74) is 7.43. The maximum atomic E-state index is 11.3. The molecule has 2 aromatic heterocycles. The maximum Gasteiger partial charge on any atom is 0.277 e. The van der Waals surface area contributed by atoms with E-state index in [4.69, 9.17) is 5.73 Å². The molecule has 1 aliphatic rings. The molecule has 1 fully saturated rings. The third-order valence-electron chi connectivity index (χ3n) is 4.36. The van der Waals surface area contributed by atoms with Crippen LogP contribution in [0.2, 0.25) is 0 Å². The van der Waals surface area contributed by atoms with Crippen molar-refractivity contribution in [1.29, 1.82) is 0 Å². The van der Waals surface area contributed by atoms with Gasteiger partial charge in [-0.2, -0.15) is 0 Å². The number of aryl methyl sites for hydroxylation is 1. The van der Waals surface area contributed by atoms with Crippen molar-refractivity contribution >= 4 is 11.6 Å². The molecule has 0 saturated heterocycles. The number of nitrogens with one attached hydrogen (secondary N) is 1. The van der Waals surface area contributed by atoms with E-state index in [0.717, 1.165) is 24.6 Å². The van der Waals surface area contributed by atoms with Crippen LogP contribution in [0.3, 0.4) is 0 Å². The van der Waals surface area contributed by atoms with Gasteiger partial charge in [0.05, 0.1) is 0 Å². The Balaban J connectivity index is 1.83. The molecule has 6 nitrogen and oxygen atoms in total. The molecule has 21 heavy (non-hydrogen) atoms. The molecule has 111 valence electrons. The van der Waals surface area contributed by atoms with Crippen molar-refractivity contribution in [2.24, 2.45) is 5.92 Å². The average Bonchev–Trinajstić information content (AvgIpc) is 2.88. The fraction of sp³-hybridized carbons (Fsp3) is 0.533. The van der Waals surface area contributed by atoms with E-state index in [1.807, 2.05) is 0 Å². The first-order valence-electron chi connectivity index (χ1n) is 7.48. The number of carbonyl (C=O) groups excluding carboxylic acids is 1. The minimum Gasteiger partial charge on any atom is -0.507 e. The smallest absolute Gasteiger partial charge is 0.277 e. The van der Waals surface area contributed by atoms with Crippen LogP contribution in [0.4, 0.5) is 0 Å². The number of pyridine rings is 1. The topological polar surface area (TPSA) is 91.3 Å². The van der Waals surface area contributed by atoms with E-state index < -0.39 is 5.91 Å². The molecular formula is C15H19N4O2. The summed E-state index contributed by atoms with van der Waals surface area (Å²) in [6, 6.07) is 1.42. The van der Waals surface area contributed by atoms with E-state index in [9.17, 15) is 9.90 Å². The van der Waals surface area contributed by atoms with Gasteiger partial charge in [0, 0.05) is 12.6 Å². The van der Waals surface area contributed by atoms with Crippen LogP contribution in [0.15, 0.2) is 12.3 Å². The zero-order valence-corrected chi connectivity index (χ0v) is 11.9. The Kier molecular flexibility index (Phi) is 3.77. The number of carbonyl (C=O) groups is 1. The second-order valence-electron chi connectivity index (χ2n) is 5.76. The van der Waals surface area contributed by atoms with Crippen LogP contribution in [0, 0.1) is 5.92 Å². The molecule has 0 atom stereocenters. The standard InChI is InChI=1S/C15H19N4O2/c16-14(21)13-11(20)8-9-19-12(17-18-15(13)19)7-6-10-4-2-1-3-5-10/h8-10,16,20H,1-7H2. The Morgan fingerprint density at radius 1 is 1.33 bits per heavy atom. The minimum atomic E-state index is -0.940. The highest BCUT2D eigenvalue weighted by atomic mass is 16.3. The van der Waals surface area contributed by atoms with Gasteiger partial charge in [0.1, 0.15) is 17.1 Å². The molecule has 0 bridgehead atoms. The van der Waals surface area contributed by atoms with Crippen molar-refractivity contribution in [2.75, 3.05) is 0 Å². The zero-order valence-electron chi connectivity index (χ0n) is 11.9. The molecule has 0 spiro atoms. The Morgan fingerprint density at radius 3 is 2.81 bits per heavy atom. The van der Waals surface area contributed by atoms with Crippen molar-refractivity contribution in [2.45, 2.75) is 44.9 Å². The first-order valence-corrected chi connectivity index (χ1v) is 7.48. The van der Waals surface area contributed by atoms with Crippen LogP contribution in [-0.4, -0.2) is 25.6 Å². The van der Waals surface area contributed by atoms with Gasteiger partial charge in [0.2, 0.25) is 0 Å². The number of hydrogen-bond donors (Lipinski definition) is 1. The fourth-order valence-electron chi connectivity index (χ4n) is 3.19. The van der Waals surface area contributed by atoms with Crippen LogP contribution >= 0.6 is 0 Å². The lowest BCUT2D eigenvalue weighted by Gasteiger charge is -2.20. The summed E-state index contributed by atoms with van der Waals surface area (Å²) in [5, 5.41) is 17.8. The molecule has 1 radical (unpaired) electrons. The Labute approximate surface area is 123 Å². The maximum absolute atomic E-state index is 11.3. The predicted octanol–water partition coefficient (Wildman–Crippen LogP) is 2.37. The molecule has 1 saturated carbocycles. The van der Waals surface area contributed by atoms with Gasteiger partial charge in [0.15, 0.2) is 5.65 Å². The monoisotopic (exact) mass is 287 g/mol. The summed E-state index contributed by atoms with van der Waals surface area (Å²) in [5.74, 6) is 0.386. The second kappa shape index (κ2) is 5.71. The number of amides is 1. The molecular weight excluding hydrogens is 268 g/mol. The lowest BCUT2D eigenvalue weighted by atomic mass is 9.86. The van der Waals surface area contributed by atoms with Gasteiger partial charge in [-0.25, -0.2) is 0 Å². The third-order valence-corrected chi connectivity index (χ3v) is 4.36. The first kappa shape index (κ1) is 13.9. The van der Waals surface area contributed by atoms with Gasteiger partial charge >= 0.3 is 0 Å². The molecule has 2 N–H and O–H groups in total.